The van der Waals surface area contributed by atoms with Gasteiger partial charge in [0, 0.05) is 61.2 Å². The van der Waals surface area contributed by atoms with Gasteiger partial charge >= 0.3 is 0 Å². The fourth-order valence-corrected chi connectivity index (χ4v) is 7.16. The van der Waals surface area contributed by atoms with E-state index < -0.39 is 90.1 Å². The van der Waals surface area contributed by atoms with Crippen LogP contribution in [0.25, 0.3) is 10.9 Å². The van der Waals surface area contributed by atoms with Crippen molar-refractivity contribution in [2.45, 2.75) is 107 Å². The molecule has 0 fully saturated rings. The molecule has 0 bridgehead atoms. The summed E-state index contributed by atoms with van der Waals surface area (Å²) in [7, 11) is 0. The van der Waals surface area contributed by atoms with E-state index in [1.807, 2.05) is 31.2 Å². The van der Waals surface area contributed by atoms with Gasteiger partial charge in [0.1, 0.15) is 30.2 Å². The van der Waals surface area contributed by atoms with Crippen LogP contribution >= 0.6 is 0 Å². The number of rotatable bonds is 29. The van der Waals surface area contributed by atoms with Crippen molar-refractivity contribution in [2.24, 2.45) is 33.7 Å². The summed E-state index contributed by atoms with van der Waals surface area (Å²) in [5.74, 6) is -6.34. The van der Waals surface area contributed by atoms with Crippen LogP contribution in [-0.4, -0.2) is 118 Å². The van der Waals surface area contributed by atoms with Crippen LogP contribution < -0.4 is 60.6 Å². The Hall–Kier alpha value is -7.82. The van der Waals surface area contributed by atoms with Crippen molar-refractivity contribution < 1.29 is 38.4 Å². The van der Waals surface area contributed by atoms with Crippen molar-refractivity contribution in [2.75, 3.05) is 13.1 Å². The van der Waals surface area contributed by atoms with E-state index >= 15 is 0 Å². The first kappa shape index (κ1) is 52.8. The van der Waals surface area contributed by atoms with Crippen LogP contribution in [0.2, 0.25) is 0 Å². The van der Waals surface area contributed by atoms with Crippen LogP contribution in [0.1, 0.15) is 68.7 Å². The highest BCUT2D eigenvalue weighted by Crippen LogP contribution is 2.19. The maximum atomic E-state index is 14.5. The maximum absolute atomic E-state index is 14.5. The van der Waals surface area contributed by atoms with E-state index in [9.17, 15) is 38.4 Å². The van der Waals surface area contributed by atoms with Crippen LogP contribution in [0.15, 0.2) is 78.3 Å². The number of aromatic nitrogens is 3. The number of nitrogens with one attached hydrogen (secondary N) is 8. The smallest absolute Gasteiger partial charge is 0.243 e. The van der Waals surface area contributed by atoms with Crippen molar-refractivity contribution in [3.63, 3.8) is 0 Å². The zero-order chi connectivity index (χ0) is 49.6. The number of H-pyrrole nitrogens is 2. The van der Waals surface area contributed by atoms with Gasteiger partial charge in [-0.15, -0.1) is 0 Å². The van der Waals surface area contributed by atoms with Gasteiger partial charge in [-0.05, 0) is 42.9 Å². The number of amides is 8. The Balaban J connectivity index is 1.64. The van der Waals surface area contributed by atoms with Crippen LogP contribution in [-0.2, 0) is 57.6 Å². The molecule has 2 aromatic carbocycles. The van der Waals surface area contributed by atoms with Crippen molar-refractivity contribution in [1.29, 1.82) is 0 Å². The number of nitrogens with zero attached hydrogens (tertiary/aromatic N) is 2. The number of hydrogen-bond donors (Lipinski definition) is 13. The molecule has 8 amide bonds. The Kier molecular flexibility index (Phi) is 20.9. The SMILES string of the molecule is CCCC[C@H](N)C(=O)N[C@@H](CCC(N)=O)C(=O)N[C@@H](Cc1cnc[nH]1)C(=O)N[C@@H](Cc1ccccc1)C(=O)N[C@@H](CCCN=C(N)N)C(=O)N[C@@H](Cc1c[nH]c2ccccc12)C(=O)NCC(N)=O. The molecule has 0 saturated carbocycles. The summed E-state index contributed by atoms with van der Waals surface area (Å²) in [4.78, 5) is 121. The minimum Gasteiger partial charge on any atom is -0.370 e. The first-order valence-corrected chi connectivity index (χ1v) is 22.3. The molecule has 68 heavy (non-hydrogen) atoms. The number of guanidine groups is 1. The number of aromatic amines is 2. The van der Waals surface area contributed by atoms with E-state index in [0.29, 0.717) is 29.7 Å². The molecule has 0 aliphatic heterocycles. The average molecular weight is 942 g/mol. The van der Waals surface area contributed by atoms with E-state index in [4.69, 9.17) is 28.7 Å². The second-order valence-electron chi connectivity index (χ2n) is 16.2. The lowest BCUT2D eigenvalue weighted by Gasteiger charge is -2.27. The number of unbranched alkanes of at least 4 members (excludes halogenated alkanes) is 1. The fraction of sp³-hybridized carbons (Fsp3) is 0.422. The number of hydrogen-bond acceptors (Lipinski definition) is 11. The lowest BCUT2D eigenvalue weighted by molar-refractivity contribution is -0.135. The zero-order valence-corrected chi connectivity index (χ0v) is 37.9. The molecular formula is C45H63N15O8. The number of fused-ring (bicyclic) bond motifs is 1. The minimum atomic E-state index is -1.39. The topological polar surface area (TPSA) is 396 Å². The first-order chi connectivity index (χ1) is 32.5. The Bertz CT molecular complexity index is 2350. The molecule has 4 rings (SSSR count). The molecule has 2 aromatic heterocycles. The molecule has 0 spiro atoms. The zero-order valence-electron chi connectivity index (χ0n) is 37.9. The monoisotopic (exact) mass is 941 g/mol. The number of para-hydroxylation sites is 1. The van der Waals surface area contributed by atoms with Gasteiger partial charge < -0.3 is 70.5 Å². The molecule has 0 radical (unpaired) electrons. The van der Waals surface area contributed by atoms with Crippen molar-refractivity contribution in [1.82, 2.24) is 46.9 Å². The number of carbonyl (C=O) groups is 8. The van der Waals surface area contributed by atoms with E-state index in [1.54, 1.807) is 36.5 Å². The van der Waals surface area contributed by atoms with Crippen LogP contribution in [0.4, 0.5) is 0 Å². The molecule has 366 valence electrons. The number of nitrogens with two attached hydrogens (primary N) is 5. The van der Waals surface area contributed by atoms with Gasteiger partial charge in [0.25, 0.3) is 0 Å². The summed E-state index contributed by atoms with van der Waals surface area (Å²) in [5.41, 5.74) is 30.3. The molecule has 0 aliphatic carbocycles. The highest BCUT2D eigenvalue weighted by atomic mass is 16.2. The van der Waals surface area contributed by atoms with Crippen molar-refractivity contribution in [3.8, 4) is 0 Å². The number of benzene rings is 2. The van der Waals surface area contributed by atoms with Gasteiger partial charge in [-0.1, -0.05) is 68.3 Å². The molecular weight excluding hydrogens is 879 g/mol. The summed E-state index contributed by atoms with van der Waals surface area (Å²) in [6.07, 6.45) is 5.68. The molecule has 23 heteroatoms. The second-order valence-corrected chi connectivity index (χ2v) is 16.2. The molecule has 23 nitrogen and oxygen atoms in total. The number of primary amides is 2. The van der Waals surface area contributed by atoms with Gasteiger partial charge in [-0.2, -0.15) is 0 Å². The van der Waals surface area contributed by atoms with Gasteiger partial charge in [-0.3, -0.25) is 43.3 Å². The normalized spacial score (nSPS) is 13.6. The third-order valence-corrected chi connectivity index (χ3v) is 10.8. The molecule has 4 aromatic rings. The van der Waals surface area contributed by atoms with Crippen LogP contribution in [0.3, 0.4) is 0 Å². The molecule has 18 N–H and O–H groups in total. The number of imidazole rings is 1. The van der Waals surface area contributed by atoms with E-state index in [1.165, 1.54) is 12.5 Å². The molecule has 6 atom stereocenters. The summed E-state index contributed by atoms with van der Waals surface area (Å²) in [6, 6.07) is 8.41. The average Bonchev–Trinajstić information content (AvgIpc) is 3.99. The maximum Gasteiger partial charge on any atom is 0.243 e. The summed E-state index contributed by atoms with van der Waals surface area (Å²) >= 11 is 0. The number of carbonyl (C=O) groups excluding carboxylic acids is 8. The molecule has 2 heterocycles. The predicted octanol–water partition coefficient (Wildman–Crippen LogP) is -2.22. The molecule has 0 unspecified atom stereocenters. The summed E-state index contributed by atoms with van der Waals surface area (Å²) in [6.45, 7) is 1.50. The van der Waals surface area contributed by atoms with Gasteiger partial charge in [0.15, 0.2) is 5.96 Å². The van der Waals surface area contributed by atoms with Crippen molar-refractivity contribution >= 4 is 64.1 Å². The Morgan fingerprint density at radius 3 is 1.84 bits per heavy atom. The summed E-state index contributed by atoms with van der Waals surface area (Å²) in [5, 5.41) is 16.7. The first-order valence-electron chi connectivity index (χ1n) is 22.3. The lowest BCUT2D eigenvalue weighted by atomic mass is 10.0. The standard InChI is InChI=1S/C45H63N15O8/c1-2-3-13-30(46)39(63)56-33(16-17-37(47)61)42(66)60-36(21-28-23-51-25-55-28)44(68)58-34(19-26-10-5-4-6-11-26)43(67)57-32(15-9-18-52-45(49)50)41(65)59-35(40(64)54-24-38(48)62)20-27-22-53-31-14-8-7-12-29(27)31/h4-8,10-12,14,22-23,25,30,32-36,53H,2-3,9,13,15-21,24,46H2,1H3,(H2,47,61)(H2,48,62)(H,51,55)(H,54,64)(H,56,63)(H,57,67)(H,58,68)(H,59,65)(H,60,66)(H4,49,50,52)/t30-,32-,33-,34-,35-,36-/m0/s1. The lowest BCUT2D eigenvalue weighted by Crippen LogP contribution is -2.60. The van der Waals surface area contributed by atoms with Gasteiger partial charge in [-0.25, -0.2) is 4.98 Å². The minimum absolute atomic E-state index is 0.0239. The third kappa shape index (κ3) is 17.5. The van der Waals surface area contributed by atoms with E-state index in [2.05, 4.69) is 51.8 Å². The highest BCUT2D eigenvalue weighted by Gasteiger charge is 2.34. The Morgan fingerprint density at radius 1 is 0.632 bits per heavy atom. The van der Waals surface area contributed by atoms with Crippen LogP contribution in [0.5, 0.6) is 0 Å². The Labute approximate surface area is 392 Å². The van der Waals surface area contributed by atoms with Gasteiger partial charge in [0.2, 0.25) is 47.3 Å². The van der Waals surface area contributed by atoms with E-state index in [-0.39, 0.29) is 57.5 Å². The van der Waals surface area contributed by atoms with Crippen LogP contribution in [0, 0.1) is 0 Å². The Morgan fingerprint density at radius 2 is 1.22 bits per heavy atom. The van der Waals surface area contributed by atoms with Crippen molar-refractivity contribution in [3.05, 3.63) is 90.1 Å². The third-order valence-electron chi connectivity index (χ3n) is 10.8. The van der Waals surface area contributed by atoms with Gasteiger partial charge in [0.05, 0.1) is 18.9 Å². The second kappa shape index (κ2) is 27.0. The molecule has 0 saturated heterocycles. The quantitative estimate of drug-likeness (QED) is 0.0157. The molecule has 0 aliphatic rings. The fourth-order valence-electron chi connectivity index (χ4n) is 7.16. The van der Waals surface area contributed by atoms with E-state index in [0.717, 1.165) is 17.3 Å². The predicted molar refractivity (Wildman–Crippen MR) is 252 cm³/mol. The summed E-state index contributed by atoms with van der Waals surface area (Å²) < 4.78 is 0. The highest BCUT2D eigenvalue weighted by molar-refractivity contribution is 5.97. The number of aliphatic imine (C=N–C) groups is 1. The largest absolute Gasteiger partial charge is 0.370 e.